The molecule has 2 aromatic heterocycles. The van der Waals surface area contributed by atoms with Crippen LogP contribution in [0.4, 0.5) is 5.69 Å². The van der Waals surface area contributed by atoms with Gasteiger partial charge >= 0.3 is 0 Å². The topological polar surface area (TPSA) is 46.1 Å². The number of benzene rings is 1. The average Bonchev–Trinajstić information content (AvgIpc) is 2.62. The van der Waals surface area contributed by atoms with Gasteiger partial charge in [0.05, 0.1) is 12.2 Å². The van der Waals surface area contributed by atoms with Gasteiger partial charge in [0.15, 0.2) is 0 Å². The zero-order valence-corrected chi connectivity index (χ0v) is 13.8. The summed E-state index contributed by atoms with van der Waals surface area (Å²) in [6.07, 6.45) is 4.97. The highest BCUT2D eigenvalue weighted by Crippen LogP contribution is 2.22. The number of halogens is 1. The van der Waals surface area contributed by atoms with E-state index in [1.807, 2.05) is 42.5 Å². The van der Waals surface area contributed by atoms with Gasteiger partial charge in [-0.2, -0.15) is 0 Å². The van der Waals surface area contributed by atoms with Gasteiger partial charge < -0.3 is 4.90 Å². The molecule has 0 aliphatic rings. The molecule has 4 nitrogen and oxygen atoms in total. The van der Waals surface area contributed by atoms with Gasteiger partial charge in [0.1, 0.15) is 0 Å². The third-order valence-electron chi connectivity index (χ3n) is 3.36. The van der Waals surface area contributed by atoms with E-state index < -0.39 is 0 Å². The van der Waals surface area contributed by atoms with Crippen LogP contribution in [-0.2, 0) is 6.54 Å². The van der Waals surface area contributed by atoms with E-state index in [1.165, 1.54) is 0 Å². The number of anilines is 1. The molecule has 2 heterocycles. The number of carbonyl (C=O) groups excluding carboxylic acids is 1. The Balaban J connectivity index is 1.96. The molecule has 0 N–H and O–H groups in total. The first kappa shape index (κ1) is 15.4. The second-order valence-corrected chi connectivity index (χ2v) is 5.84. The molecule has 114 valence electrons. The number of pyridine rings is 2. The van der Waals surface area contributed by atoms with E-state index in [-0.39, 0.29) is 5.91 Å². The Morgan fingerprint density at radius 2 is 1.70 bits per heavy atom. The summed E-state index contributed by atoms with van der Waals surface area (Å²) in [6, 6.07) is 16.8. The molecule has 5 heteroatoms. The van der Waals surface area contributed by atoms with Gasteiger partial charge in [0, 0.05) is 34.3 Å². The van der Waals surface area contributed by atoms with Crippen LogP contribution in [0.5, 0.6) is 0 Å². The molecule has 0 saturated heterocycles. The Morgan fingerprint density at radius 1 is 0.957 bits per heavy atom. The van der Waals surface area contributed by atoms with Gasteiger partial charge in [-0.1, -0.05) is 22.0 Å². The minimum absolute atomic E-state index is 0.0830. The van der Waals surface area contributed by atoms with Crippen LogP contribution < -0.4 is 4.90 Å². The molecule has 1 amide bonds. The van der Waals surface area contributed by atoms with E-state index in [4.69, 9.17) is 0 Å². The monoisotopic (exact) mass is 367 g/mol. The second kappa shape index (κ2) is 7.15. The summed E-state index contributed by atoms with van der Waals surface area (Å²) in [5.41, 5.74) is 2.25. The van der Waals surface area contributed by atoms with Crippen molar-refractivity contribution in [2.24, 2.45) is 0 Å². The maximum atomic E-state index is 12.9. The summed E-state index contributed by atoms with van der Waals surface area (Å²) >= 11 is 3.42. The smallest absolute Gasteiger partial charge is 0.258 e. The molecule has 3 aromatic rings. The molecule has 0 fully saturated rings. The molecule has 0 aliphatic heterocycles. The first-order valence-electron chi connectivity index (χ1n) is 7.11. The summed E-state index contributed by atoms with van der Waals surface area (Å²) in [5, 5.41) is 0. The molecule has 0 bridgehead atoms. The number of rotatable bonds is 4. The fraction of sp³-hybridized carbons (Fsp3) is 0.0556. The van der Waals surface area contributed by atoms with E-state index in [0.717, 1.165) is 15.9 Å². The second-order valence-electron chi connectivity index (χ2n) is 4.92. The summed E-state index contributed by atoms with van der Waals surface area (Å²) in [6.45, 7) is 0.406. The van der Waals surface area contributed by atoms with Crippen molar-refractivity contribution < 1.29 is 4.79 Å². The van der Waals surface area contributed by atoms with Crippen molar-refractivity contribution in [1.82, 2.24) is 9.97 Å². The van der Waals surface area contributed by atoms with Crippen molar-refractivity contribution >= 4 is 27.5 Å². The van der Waals surface area contributed by atoms with Crippen LogP contribution in [0.1, 0.15) is 16.1 Å². The molecule has 0 aliphatic carbocycles. The molecular formula is C18H14BrN3O. The predicted octanol–water partition coefficient (Wildman–Crippen LogP) is 4.09. The van der Waals surface area contributed by atoms with Gasteiger partial charge in [-0.15, -0.1) is 0 Å². The summed E-state index contributed by atoms with van der Waals surface area (Å²) in [7, 11) is 0. The fourth-order valence-electron chi connectivity index (χ4n) is 2.21. The normalized spacial score (nSPS) is 10.3. The highest BCUT2D eigenvalue weighted by molar-refractivity contribution is 9.10. The van der Waals surface area contributed by atoms with Crippen molar-refractivity contribution in [1.29, 1.82) is 0 Å². The zero-order chi connectivity index (χ0) is 16.1. The Kier molecular flexibility index (Phi) is 4.78. The Labute approximate surface area is 143 Å². The molecule has 0 spiro atoms. The van der Waals surface area contributed by atoms with Crippen molar-refractivity contribution in [3.63, 3.8) is 0 Å². The lowest BCUT2D eigenvalue weighted by molar-refractivity contribution is 0.0984. The average molecular weight is 368 g/mol. The standard InChI is InChI=1S/C18H14BrN3O/c19-15-4-6-17(7-5-15)22(13-16-3-1-2-10-21-16)18(23)14-8-11-20-12-9-14/h1-12H,13H2. The number of amides is 1. The van der Waals surface area contributed by atoms with E-state index in [9.17, 15) is 4.79 Å². The molecule has 0 atom stereocenters. The largest absolute Gasteiger partial charge is 0.302 e. The molecule has 0 radical (unpaired) electrons. The van der Waals surface area contributed by atoms with Gasteiger partial charge in [-0.05, 0) is 48.5 Å². The SMILES string of the molecule is O=C(c1ccncc1)N(Cc1ccccn1)c1ccc(Br)cc1. The lowest BCUT2D eigenvalue weighted by Crippen LogP contribution is -2.30. The minimum atomic E-state index is -0.0830. The van der Waals surface area contributed by atoms with E-state index in [2.05, 4.69) is 25.9 Å². The number of hydrogen-bond acceptors (Lipinski definition) is 3. The van der Waals surface area contributed by atoms with E-state index >= 15 is 0 Å². The van der Waals surface area contributed by atoms with Gasteiger partial charge in [-0.25, -0.2) is 0 Å². The van der Waals surface area contributed by atoms with Crippen LogP contribution in [-0.4, -0.2) is 15.9 Å². The maximum absolute atomic E-state index is 12.9. The molecular weight excluding hydrogens is 354 g/mol. The molecule has 1 aromatic carbocycles. The van der Waals surface area contributed by atoms with Crippen LogP contribution in [0.2, 0.25) is 0 Å². The van der Waals surface area contributed by atoms with Crippen LogP contribution in [0.3, 0.4) is 0 Å². The van der Waals surface area contributed by atoms with Crippen LogP contribution in [0.25, 0.3) is 0 Å². The fourth-order valence-corrected chi connectivity index (χ4v) is 2.47. The molecule has 23 heavy (non-hydrogen) atoms. The van der Waals surface area contributed by atoms with Crippen molar-refractivity contribution in [2.45, 2.75) is 6.54 Å². The summed E-state index contributed by atoms with van der Waals surface area (Å²) in [4.78, 5) is 22.9. The predicted molar refractivity (Wildman–Crippen MR) is 93.1 cm³/mol. The van der Waals surface area contributed by atoms with Crippen molar-refractivity contribution in [3.05, 3.63) is 88.9 Å². The number of hydrogen-bond donors (Lipinski definition) is 0. The third kappa shape index (κ3) is 3.81. The summed E-state index contributed by atoms with van der Waals surface area (Å²) < 4.78 is 0.968. The first-order valence-corrected chi connectivity index (χ1v) is 7.91. The zero-order valence-electron chi connectivity index (χ0n) is 12.3. The van der Waals surface area contributed by atoms with E-state index in [1.54, 1.807) is 35.6 Å². The van der Waals surface area contributed by atoms with Crippen molar-refractivity contribution in [3.8, 4) is 0 Å². The van der Waals surface area contributed by atoms with Crippen LogP contribution in [0.15, 0.2) is 77.7 Å². The first-order chi connectivity index (χ1) is 11.2. The lowest BCUT2D eigenvalue weighted by atomic mass is 10.2. The number of carbonyl (C=O) groups is 1. The Hall–Kier alpha value is -2.53. The number of aromatic nitrogens is 2. The highest BCUT2D eigenvalue weighted by atomic mass is 79.9. The van der Waals surface area contributed by atoms with E-state index in [0.29, 0.717) is 12.1 Å². The summed E-state index contributed by atoms with van der Waals surface area (Å²) in [5.74, 6) is -0.0830. The molecule has 0 saturated carbocycles. The van der Waals surface area contributed by atoms with Gasteiger partial charge in [-0.3, -0.25) is 14.8 Å². The number of nitrogens with zero attached hydrogens (tertiary/aromatic N) is 3. The van der Waals surface area contributed by atoms with Gasteiger partial charge in [0.25, 0.3) is 5.91 Å². The molecule has 0 unspecified atom stereocenters. The van der Waals surface area contributed by atoms with Crippen LogP contribution >= 0.6 is 15.9 Å². The quantitative estimate of drug-likeness (QED) is 0.697. The Bertz CT molecular complexity index is 776. The van der Waals surface area contributed by atoms with Crippen molar-refractivity contribution in [2.75, 3.05) is 4.90 Å². The third-order valence-corrected chi connectivity index (χ3v) is 3.89. The maximum Gasteiger partial charge on any atom is 0.258 e. The van der Waals surface area contributed by atoms with Crippen LogP contribution in [0, 0.1) is 0 Å². The highest BCUT2D eigenvalue weighted by Gasteiger charge is 2.18. The lowest BCUT2D eigenvalue weighted by Gasteiger charge is -2.22. The Morgan fingerprint density at radius 3 is 2.35 bits per heavy atom. The minimum Gasteiger partial charge on any atom is -0.302 e. The molecule has 3 rings (SSSR count). The van der Waals surface area contributed by atoms with Gasteiger partial charge in [0.2, 0.25) is 0 Å².